The van der Waals surface area contributed by atoms with Crippen molar-refractivity contribution >= 4 is 11.0 Å². The number of para-hydroxylation sites is 2. The van der Waals surface area contributed by atoms with Gasteiger partial charge in [-0.3, -0.25) is 4.57 Å². The average molecular weight is 417 g/mol. The Kier molecular flexibility index (Phi) is 4.77. The molecule has 0 amide bonds. The van der Waals surface area contributed by atoms with Crippen molar-refractivity contribution in [1.82, 2.24) is 39.5 Å². The molecule has 160 valence electrons. The van der Waals surface area contributed by atoms with Crippen LogP contribution in [0.25, 0.3) is 28.4 Å². The highest BCUT2D eigenvalue weighted by molar-refractivity contribution is 5.81. The molecule has 0 N–H and O–H groups in total. The maximum absolute atomic E-state index is 4.91. The van der Waals surface area contributed by atoms with Crippen molar-refractivity contribution in [1.29, 1.82) is 0 Å². The molecule has 4 aromatic rings. The molecule has 2 fully saturated rings. The van der Waals surface area contributed by atoms with E-state index in [2.05, 4.69) is 43.7 Å². The number of aromatic nitrogens is 8. The number of hydrogen-bond donors (Lipinski definition) is 0. The van der Waals surface area contributed by atoms with Crippen molar-refractivity contribution in [3.05, 3.63) is 36.7 Å². The van der Waals surface area contributed by atoms with Crippen LogP contribution in [-0.2, 0) is 0 Å². The summed E-state index contributed by atoms with van der Waals surface area (Å²) in [5, 5.41) is 18.0. The molecular formula is C23H28N8. The summed E-state index contributed by atoms with van der Waals surface area (Å²) < 4.78 is 6.17. The van der Waals surface area contributed by atoms with Crippen molar-refractivity contribution in [3.8, 4) is 17.3 Å². The highest BCUT2D eigenvalue weighted by atomic mass is 15.5. The molecule has 2 saturated carbocycles. The Bertz CT molecular complexity index is 1170. The Morgan fingerprint density at radius 1 is 0.710 bits per heavy atom. The first-order valence-electron chi connectivity index (χ1n) is 11.7. The fourth-order valence-electron chi connectivity index (χ4n) is 5.23. The molecule has 0 spiro atoms. The quantitative estimate of drug-likeness (QED) is 0.473. The van der Waals surface area contributed by atoms with Crippen molar-refractivity contribution in [2.24, 2.45) is 0 Å². The summed E-state index contributed by atoms with van der Waals surface area (Å²) in [5.41, 5.74) is 2.73. The van der Waals surface area contributed by atoms with Crippen molar-refractivity contribution in [2.45, 2.75) is 76.3 Å². The first kappa shape index (κ1) is 18.7. The molecular weight excluding hydrogens is 388 g/mol. The summed E-state index contributed by atoms with van der Waals surface area (Å²) in [6, 6.07) is 9.06. The van der Waals surface area contributed by atoms with Crippen LogP contribution in [-0.4, -0.2) is 39.5 Å². The van der Waals surface area contributed by atoms with Crippen LogP contribution in [0.3, 0.4) is 0 Å². The topological polar surface area (TPSA) is 79.2 Å². The van der Waals surface area contributed by atoms with Crippen LogP contribution in [0.2, 0.25) is 0 Å². The maximum atomic E-state index is 4.91. The third kappa shape index (κ3) is 3.43. The molecule has 1 aromatic carbocycles. The van der Waals surface area contributed by atoms with Gasteiger partial charge in [-0.15, -0.1) is 10.2 Å². The fraction of sp³-hybridized carbons (Fsp3) is 0.522. The standard InChI is InChI=1S/C23H28N8/c1-3-9-17(10-4-1)29-15-20(25-27-29)23-24-19-13-7-8-14-21(19)31(23)22-16-30(28-26-22)18-11-5-2-6-12-18/h7-8,13-18H,1-6,9-12H2. The van der Waals surface area contributed by atoms with E-state index in [0.717, 1.165) is 28.4 Å². The molecule has 0 aliphatic heterocycles. The third-order valence-electron chi connectivity index (χ3n) is 6.93. The monoisotopic (exact) mass is 416 g/mol. The number of nitrogens with zero attached hydrogens (tertiary/aromatic N) is 8. The minimum Gasteiger partial charge on any atom is -0.272 e. The van der Waals surface area contributed by atoms with E-state index in [-0.39, 0.29) is 0 Å². The van der Waals surface area contributed by atoms with Crippen LogP contribution >= 0.6 is 0 Å². The molecule has 0 unspecified atom stereocenters. The largest absolute Gasteiger partial charge is 0.272 e. The van der Waals surface area contributed by atoms with Gasteiger partial charge in [0.25, 0.3) is 0 Å². The van der Waals surface area contributed by atoms with Crippen LogP contribution in [0, 0.1) is 0 Å². The van der Waals surface area contributed by atoms with E-state index in [9.17, 15) is 0 Å². The number of imidazole rings is 1. The Morgan fingerprint density at radius 3 is 2.10 bits per heavy atom. The maximum Gasteiger partial charge on any atom is 0.181 e. The molecule has 8 heteroatoms. The van der Waals surface area contributed by atoms with Gasteiger partial charge in [0, 0.05) is 0 Å². The smallest absolute Gasteiger partial charge is 0.181 e. The van der Waals surface area contributed by atoms with Gasteiger partial charge < -0.3 is 0 Å². The number of rotatable bonds is 4. The van der Waals surface area contributed by atoms with Crippen LogP contribution in [0.15, 0.2) is 36.7 Å². The molecule has 0 atom stereocenters. The number of fused-ring (bicyclic) bond motifs is 1. The Balaban J connectivity index is 1.41. The summed E-state index contributed by atoms with van der Waals surface area (Å²) in [5.74, 6) is 1.57. The van der Waals surface area contributed by atoms with E-state index in [0.29, 0.717) is 12.1 Å². The van der Waals surface area contributed by atoms with Gasteiger partial charge in [0.05, 0.1) is 35.5 Å². The van der Waals surface area contributed by atoms with Crippen LogP contribution < -0.4 is 0 Å². The SMILES string of the molecule is c1ccc2c(c1)nc(-c1cn(C3CCCCC3)nn1)n2-c1cn(C2CCCCC2)nn1. The van der Waals surface area contributed by atoms with Gasteiger partial charge in [-0.05, 0) is 37.8 Å². The molecule has 0 bridgehead atoms. The Morgan fingerprint density at radius 2 is 1.35 bits per heavy atom. The summed E-state index contributed by atoms with van der Waals surface area (Å²) in [7, 11) is 0. The number of benzene rings is 1. The van der Waals surface area contributed by atoms with Gasteiger partial charge in [-0.1, -0.05) is 61.1 Å². The van der Waals surface area contributed by atoms with Gasteiger partial charge >= 0.3 is 0 Å². The lowest BCUT2D eigenvalue weighted by Crippen LogP contribution is -2.13. The zero-order chi connectivity index (χ0) is 20.6. The lowest BCUT2D eigenvalue weighted by molar-refractivity contribution is 0.324. The lowest BCUT2D eigenvalue weighted by atomic mass is 9.96. The normalized spacial score (nSPS) is 18.7. The molecule has 2 aliphatic rings. The minimum atomic E-state index is 0.444. The number of hydrogen-bond acceptors (Lipinski definition) is 5. The van der Waals surface area contributed by atoms with Crippen molar-refractivity contribution in [3.63, 3.8) is 0 Å². The van der Waals surface area contributed by atoms with E-state index in [1.807, 2.05) is 27.6 Å². The van der Waals surface area contributed by atoms with Gasteiger partial charge in [0.15, 0.2) is 11.6 Å². The van der Waals surface area contributed by atoms with Gasteiger partial charge in [0.2, 0.25) is 0 Å². The molecule has 3 heterocycles. The second-order valence-corrected chi connectivity index (χ2v) is 8.98. The van der Waals surface area contributed by atoms with Crippen molar-refractivity contribution in [2.75, 3.05) is 0 Å². The summed E-state index contributed by atoms with van der Waals surface area (Å²) >= 11 is 0. The summed E-state index contributed by atoms with van der Waals surface area (Å²) in [4.78, 5) is 4.91. The van der Waals surface area contributed by atoms with Gasteiger partial charge in [-0.2, -0.15) is 0 Å². The van der Waals surface area contributed by atoms with Crippen molar-refractivity contribution < 1.29 is 0 Å². The predicted octanol–water partition coefficient (Wildman–Crippen LogP) is 4.89. The second kappa shape index (κ2) is 7.90. The lowest BCUT2D eigenvalue weighted by Gasteiger charge is -2.21. The van der Waals surface area contributed by atoms with E-state index >= 15 is 0 Å². The Hall–Kier alpha value is -3.03. The predicted molar refractivity (Wildman–Crippen MR) is 118 cm³/mol. The molecule has 31 heavy (non-hydrogen) atoms. The summed E-state index contributed by atoms with van der Waals surface area (Å²) in [6.45, 7) is 0. The molecule has 0 radical (unpaired) electrons. The summed E-state index contributed by atoms with van der Waals surface area (Å²) in [6.07, 6.45) is 16.5. The van der Waals surface area contributed by atoms with E-state index < -0.39 is 0 Å². The van der Waals surface area contributed by atoms with E-state index in [1.165, 1.54) is 64.2 Å². The zero-order valence-electron chi connectivity index (χ0n) is 17.8. The van der Waals surface area contributed by atoms with E-state index in [1.54, 1.807) is 0 Å². The molecule has 2 aliphatic carbocycles. The fourth-order valence-corrected chi connectivity index (χ4v) is 5.23. The van der Waals surface area contributed by atoms with Crippen LogP contribution in [0.1, 0.15) is 76.3 Å². The molecule has 8 nitrogen and oxygen atoms in total. The molecule has 3 aromatic heterocycles. The van der Waals surface area contributed by atoms with Gasteiger partial charge in [0.1, 0.15) is 5.69 Å². The van der Waals surface area contributed by atoms with Gasteiger partial charge in [-0.25, -0.2) is 14.3 Å². The second-order valence-electron chi connectivity index (χ2n) is 8.98. The average Bonchev–Trinajstić information content (AvgIpc) is 3.58. The first-order valence-corrected chi connectivity index (χ1v) is 11.7. The minimum absolute atomic E-state index is 0.444. The highest BCUT2D eigenvalue weighted by Crippen LogP contribution is 2.32. The van der Waals surface area contributed by atoms with E-state index in [4.69, 9.17) is 4.98 Å². The highest BCUT2D eigenvalue weighted by Gasteiger charge is 2.23. The van der Waals surface area contributed by atoms with Crippen LogP contribution in [0.5, 0.6) is 0 Å². The van der Waals surface area contributed by atoms with Crippen LogP contribution in [0.4, 0.5) is 0 Å². The molecule has 0 saturated heterocycles. The first-order chi connectivity index (χ1) is 15.4. The molecule has 6 rings (SSSR count). The Labute approximate surface area is 181 Å². The zero-order valence-corrected chi connectivity index (χ0v) is 17.8. The third-order valence-corrected chi connectivity index (χ3v) is 6.93.